The van der Waals surface area contributed by atoms with Gasteiger partial charge in [-0.05, 0) is 37.1 Å². The van der Waals surface area contributed by atoms with Gasteiger partial charge in [0.2, 0.25) is 0 Å². The van der Waals surface area contributed by atoms with E-state index in [1.165, 1.54) is 6.07 Å². The first-order valence-corrected chi connectivity index (χ1v) is 5.00. The van der Waals surface area contributed by atoms with Gasteiger partial charge in [0.1, 0.15) is 5.82 Å². The molecule has 0 aromatic heterocycles. The van der Waals surface area contributed by atoms with Gasteiger partial charge < -0.3 is 5.32 Å². The van der Waals surface area contributed by atoms with Gasteiger partial charge in [0.15, 0.2) is 0 Å². The fourth-order valence-electron chi connectivity index (χ4n) is 1.81. The largest absolute Gasteiger partial charge is 0.313 e. The van der Waals surface area contributed by atoms with E-state index in [-0.39, 0.29) is 11.9 Å². The smallest absolute Gasteiger partial charge is 0.126 e. The molecule has 0 aliphatic rings. The highest BCUT2D eigenvalue weighted by molar-refractivity contribution is 5.30. The molecule has 1 aromatic carbocycles. The second-order valence-corrected chi connectivity index (χ2v) is 3.96. The number of hydrogen-bond acceptors (Lipinski definition) is 1. The Balaban J connectivity index is 3.10. The maximum absolute atomic E-state index is 13.3. The van der Waals surface area contributed by atoms with Crippen LogP contribution in [0.15, 0.2) is 18.2 Å². The van der Waals surface area contributed by atoms with Gasteiger partial charge in [-0.1, -0.05) is 26.0 Å². The van der Waals surface area contributed by atoms with Crippen LogP contribution in [0.5, 0.6) is 0 Å². The predicted octanol–water partition coefficient (Wildman–Crippen LogP) is 3.05. The van der Waals surface area contributed by atoms with Crippen LogP contribution >= 0.6 is 0 Å². The first-order chi connectivity index (χ1) is 6.57. The van der Waals surface area contributed by atoms with Crippen molar-refractivity contribution in [3.63, 3.8) is 0 Å². The van der Waals surface area contributed by atoms with Crippen LogP contribution in [-0.4, -0.2) is 7.05 Å². The quantitative estimate of drug-likeness (QED) is 0.781. The highest BCUT2D eigenvalue weighted by atomic mass is 19.1. The van der Waals surface area contributed by atoms with Crippen molar-refractivity contribution in [2.45, 2.75) is 26.8 Å². The number of benzene rings is 1. The SMILES string of the molecule is CNC(c1cccc(F)c1C)C(C)C. The van der Waals surface area contributed by atoms with Crippen LogP contribution in [0.2, 0.25) is 0 Å². The van der Waals surface area contributed by atoms with Gasteiger partial charge in [-0.3, -0.25) is 0 Å². The molecule has 1 rings (SSSR count). The highest BCUT2D eigenvalue weighted by Gasteiger charge is 2.16. The van der Waals surface area contributed by atoms with E-state index in [0.29, 0.717) is 5.92 Å². The van der Waals surface area contributed by atoms with Crippen molar-refractivity contribution >= 4 is 0 Å². The molecule has 0 aliphatic heterocycles. The Morgan fingerprint density at radius 3 is 2.43 bits per heavy atom. The van der Waals surface area contributed by atoms with Gasteiger partial charge in [-0.25, -0.2) is 4.39 Å². The number of nitrogens with one attached hydrogen (secondary N) is 1. The summed E-state index contributed by atoms with van der Waals surface area (Å²) >= 11 is 0. The van der Waals surface area contributed by atoms with Crippen LogP contribution in [0.1, 0.15) is 31.0 Å². The lowest BCUT2D eigenvalue weighted by atomic mass is 9.93. The minimum absolute atomic E-state index is 0.122. The molecule has 78 valence electrons. The molecule has 2 heteroatoms. The fourth-order valence-corrected chi connectivity index (χ4v) is 1.81. The van der Waals surface area contributed by atoms with Crippen LogP contribution < -0.4 is 5.32 Å². The molecule has 0 saturated heterocycles. The van der Waals surface area contributed by atoms with E-state index in [2.05, 4.69) is 19.2 Å². The van der Waals surface area contributed by atoms with Gasteiger partial charge in [-0.2, -0.15) is 0 Å². The minimum atomic E-state index is -0.122. The molecule has 1 N–H and O–H groups in total. The lowest BCUT2D eigenvalue weighted by molar-refractivity contribution is 0.438. The monoisotopic (exact) mass is 195 g/mol. The summed E-state index contributed by atoms with van der Waals surface area (Å²) in [5.41, 5.74) is 1.81. The molecular weight excluding hydrogens is 177 g/mol. The van der Waals surface area contributed by atoms with E-state index in [1.54, 1.807) is 6.07 Å². The first-order valence-electron chi connectivity index (χ1n) is 5.00. The summed E-state index contributed by atoms with van der Waals surface area (Å²) in [6, 6.07) is 5.49. The van der Waals surface area contributed by atoms with E-state index in [0.717, 1.165) is 11.1 Å². The molecule has 0 spiro atoms. The molecular formula is C12H18FN. The molecule has 14 heavy (non-hydrogen) atoms. The molecule has 0 saturated carbocycles. The molecule has 0 amide bonds. The molecule has 0 aliphatic carbocycles. The molecule has 1 aromatic rings. The normalized spacial score (nSPS) is 13.3. The topological polar surface area (TPSA) is 12.0 Å². The maximum Gasteiger partial charge on any atom is 0.126 e. The summed E-state index contributed by atoms with van der Waals surface area (Å²) in [4.78, 5) is 0. The number of hydrogen-bond donors (Lipinski definition) is 1. The molecule has 1 atom stereocenters. The lowest BCUT2D eigenvalue weighted by Gasteiger charge is -2.22. The van der Waals surface area contributed by atoms with Crippen molar-refractivity contribution in [1.82, 2.24) is 5.32 Å². The molecule has 0 bridgehead atoms. The van der Waals surface area contributed by atoms with E-state index in [4.69, 9.17) is 0 Å². The first kappa shape index (κ1) is 11.2. The second-order valence-electron chi connectivity index (χ2n) is 3.96. The average Bonchev–Trinajstić information content (AvgIpc) is 2.13. The second kappa shape index (κ2) is 4.56. The maximum atomic E-state index is 13.3. The van der Waals surface area contributed by atoms with Gasteiger partial charge in [0, 0.05) is 6.04 Å². The molecule has 0 radical (unpaired) electrons. The summed E-state index contributed by atoms with van der Waals surface area (Å²) in [6.07, 6.45) is 0. The zero-order chi connectivity index (χ0) is 10.7. The van der Waals surface area contributed by atoms with E-state index in [1.807, 2.05) is 20.0 Å². The molecule has 1 nitrogen and oxygen atoms in total. The van der Waals surface area contributed by atoms with Gasteiger partial charge in [-0.15, -0.1) is 0 Å². The van der Waals surface area contributed by atoms with Gasteiger partial charge in [0.25, 0.3) is 0 Å². The Hall–Kier alpha value is -0.890. The zero-order valence-corrected chi connectivity index (χ0v) is 9.26. The van der Waals surface area contributed by atoms with E-state index >= 15 is 0 Å². The predicted molar refractivity (Wildman–Crippen MR) is 57.8 cm³/mol. The highest BCUT2D eigenvalue weighted by Crippen LogP contribution is 2.25. The summed E-state index contributed by atoms with van der Waals surface area (Å²) < 4.78 is 13.3. The van der Waals surface area contributed by atoms with Crippen molar-refractivity contribution in [2.75, 3.05) is 7.05 Å². The van der Waals surface area contributed by atoms with Crippen LogP contribution in [0.3, 0.4) is 0 Å². The van der Waals surface area contributed by atoms with Crippen LogP contribution in [0.4, 0.5) is 4.39 Å². The summed E-state index contributed by atoms with van der Waals surface area (Å²) in [5, 5.41) is 3.22. The van der Waals surface area contributed by atoms with Crippen molar-refractivity contribution in [3.8, 4) is 0 Å². The Morgan fingerprint density at radius 2 is 1.93 bits per heavy atom. The number of rotatable bonds is 3. The summed E-state index contributed by atoms with van der Waals surface area (Å²) in [5.74, 6) is 0.337. The van der Waals surface area contributed by atoms with Crippen LogP contribution in [-0.2, 0) is 0 Å². The Kier molecular flexibility index (Phi) is 3.64. The third-order valence-electron chi connectivity index (χ3n) is 2.62. The Morgan fingerprint density at radius 1 is 1.29 bits per heavy atom. The van der Waals surface area contributed by atoms with Crippen molar-refractivity contribution in [2.24, 2.45) is 5.92 Å². The van der Waals surface area contributed by atoms with Crippen LogP contribution in [0, 0.1) is 18.7 Å². The Labute approximate surface area is 85.3 Å². The van der Waals surface area contributed by atoms with Crippen molar-refractivity contribution in [1.29, 1.82) is 0 Å². The zero-order valence-electron chi connectivity index (χ0n) is 9.26. The van der Waals surface area contributed by atoms with Crippen molar-refractivity contribution in [3.05, 3.63) is 35.1 Å². The lowest BCUT2D eigenvalue weighted by Crippen LogP contribution is -2.22. The minimum Gasteiger partial charge on any atom is -0.313 e. The van der Waals surface area contributed by atoms with Crippen LogP contribution in [0.25, 0.3) is 0 Å². The summed E-state index contributed by atoms with van der Waals surface area (Å²) in [7, 11) is 1.91. The van der Waals surface area contributed by atoms with Gasteiger partial charge in [0.05, 0.1) is 0 Å². The Bertz CT molecular complexity index is 307. The number of halogens is 1. The third-order valence-corrected chi connectivity index (χ3v) is 2.62. The summed E-state index contributed by atoms with van der Waals surface area (Å²) in [6.45, 7) is 6.09. The average molecular weight is 195 g/mol. The molecule has 0 fully saturated rings. The van der Waals surface area contributed by atoms with Crippen molar-refractivity contribution < 1.29 is 4.39 Å². The van der Waals surface area contributed by atoms with Gasteiger partial charge >= 0.3 is 0 Å². The molecule has 1 unspecified atom stereocenters. The third kappa shape index (κ3) is 2.13. The fraction of sp³-hybridized carbons (Fsp3) is 0.500. The molecule has 0 heterocycles. The standard InChI is InChI=1S/C12H18FN/c1-8(2)12(14-4)10-6-5-7-11(13)9(10)3/h5-8,12,14H,1-4H3. The van der Waals surface area contributed by atoms with E-state index < -0.39 is 0 Å². The van der Waals surface area contributed by atoms with E-state index in [9.17, 15) is 4.39 Å².